The van der Waals surface area contributed by atoms with Crippen LogP contribution in [0, 0.1) is 5.92 Å². The Labute approximate surface area is 178 Å². The highest BCUT2D eigenvalue weighted by atomic mass is 79.9. The number of nitrogens with zero attached hydrogens (tertiary/aromatic N) is 1. The predicted molar refractivity (Wildman–Crippen MR) is 106 cm³/mol. The Morgan fingerprint density at radius 2 is 1.80 bits per heavy atom. The summed E-state index contributed by atoms with van der Waals surface area (Å²) in [6.45, 7) is -0.661. The molecule has 0 spiro atoms. The molecule has 6 nitrogen and oxygen atoms in total. The third-order valence-electron chi connectivity index (χ3n) is 4.45. The minimum absolute atomic E-state index is 0.0760. The first-order valence-corrected chi connectivity index (χ1v) is 9.63. The molecule has 2 aromatic rings. The molecular formula is C20H16BrF3N2O4. The number of alkyl halides is 3. The van der Waals surface area contributed by atoms with E-state index in [0.717, 1.165) is 16.6 Å². The number of carbonyl (C=O) groups excluding carboxylic acids is 3. The molecule has 1 aliphatic heterocycles. The van der Waals surface area contributed by atoms with E-state index in [4.69, 9.17) is 4.74 Å². The van der Waals surface area contributed by atoms with Crippen molar-refractivity contribution in [2.24, 2.45) is 5.92 Å². The van der Waals surface area contributed by atoms with Gasteiger partial charge in [0, 0.05) is 23.1 Å². The summed E-state index contributed by atoms with van der Waals surface area (Å²) in [6, 6.07) is 11.5. The fourth-order valence-electron chi connectivity index (χ4n) is 3.02. The summed E-state index contributed by atoms with van der Waals surface area (Å²) >= 11 is 3.30. The minimum atomic E-state index is -4.64. The number of benzene rings is 2. The van der Waals surface area contributed by atoms with Crippen molar-refractivity contribution < 1.29 is 32.3 Å². The molecular weight excluding hydrogens is 469 g/mol. The zero-order valence-corrected chi connectivity index (χ0v) is 17.0. The second-order valence-corrected chi connectivity index (χ2v) is 7.50. The number of nitrogens with one attached hydrogen (secondary N) is 1. The molecule has 0 aliphatic carbocycles. The zero-order chi connectivity index (χ0) is 21.9. The molecule has 1 aliphatic rings. The fraction of sp³-hybridized carbons (Fsp3) is 0.250. The van der Waals surface area contributed by atoms with E-state index in [1.165, 1.54) is 17.0 Å². The number of ether oxygens (including phenoxy) is 1. The molecule has 0 unspecified atom stereocenters. The smallest absolute Gasteiger partial charge is 0.418 e. The Morgan fingerprint density at radius 1 is 1.13 bits per heavy atom. The van der Waals surface area contributed by atoms with Gasteiger partial charge in [-0.05, 0) is 36.4 Å². The predicted octanol–water partition coefficient (Wildman–Crippen LogP) is 4.00. The van der Waals surface area contributed by atoms with Crippen molar-refractivity contribution >= 4 is 45.1 Å². The Kier molecular flexibility index (Phi) is 6.45. The van der Waals surface area contributed by atoms with Crippen molar-refractivity contribution in [3.05, 3.63) is 58.6 Å². The fourth-order valence-corrected chi connectivity index (χ4v) is 3.28. The second-order valence-electron chi connectivity index (χ2n) is 6.58. The Bertz CT molecular complexity index is 963. The average Bonchev–Trinajstić information content (AvgIpc) is 3.08. The normalized spacial score (nSPS) is 16.5. The average molecular weight is 485 g/mol. The van der Waals surface area contributed by atoms with Crippen LogP contribution >= 0.6 is 15.9 Å². The third kappa shape index (κ3) is 5.18. The van der Waals surface area contributed by atoms with E-state index < -0.39 is 41.8 Å². The van der Waals surface area contributed by atoms with E-state index in [0.29, 0.717) is 5.69 Å². The number of anilines is 2. The summed E-state index contributed by atoms with van der Waals surface area (Å²) in [4.78, 5) is 37.8. The number of para-hydroxylation sites is 1. The molecule has 3 rings (SSSR count). The van der Waals surface area contributed by atoms with Gasteiger partial charge in [0.05, 0.1) is 17.2 Å². The van der Waals surface area contributed by atoms with Crippen molar-refractivity contribution in [1.29, 1.82) is 0 Å². The molecule has 1 saturated heterocycles. The van der Waals surface area contributed by atoms with Gasteiger partial charge in [-0.3, -0.25) is 14.4 Å². The molecule has 30 heavy (non-hydrogen) atoms. The van der Waals surface area contributed by atoms with Crippen LogP contribution < -0.4 is 10.2 Å². The summed E-state index contributed by atoms with van der Waals surface area (Å²) in [6.07, 6.45) is -4.71. The topological polar surface area (TPSA) is 75.7 Å². The standard InChI is InChI=1S/C20H16BrF3N2O4/c21-13-5-7-14(8-6-13)26-10-12(9-18(26)28)19(29)30-11-17(27)25-16-4-2-1-3-15(16)20(22,23)24/h1-8,12H,9-11H2,(H,25,27)/t12-/m1/s1. The van der Waals surface area contributed by atoms with Gasteiger partial charge in [-0.25, -0.2) is 0 Å². The SMILES string of the molecule is O=C(COC(=O)[C@@H]1CC(=O)N(c2ccc(Br)cc2)C1)Nc1ccccc1C(F)(F)F. The van der Waals surface area contributed by atoms with Gasteiger partial charge in [0.15, 0.2) is 6.61 Å². The molecule has 1 fully saturated rings. The number of hydrogen-bond acceptors (Lipinski definition) is 4. The maximum Gasteiger partial charge on any atom is 0.418 e. The largest absolute Gasteiger partial charge is 0.455 e. The van der Waals surface area contributed by atoms with Crippen LogP contribution in [0.2, 0.25) is 0 Å². The van der Waals surface area contributed by atoms with Gasteiger partial charge < -0.3 is 15.0 Å². The molecule has 1 atom stereocenters. The highest BCUT2D eigenvalue weighted by molar-refractivity contribution is 9.10. The zero-order valence-electron chi connectivity index (χ0n) is 15.4. The summed E-state index contributed by atoms with van der Waals surface area (Å²) in [5.41, 5.74) is -0.806. The van der Waals surface area contributed by atoms with Crippen molar-refractivity contribution in [1.82, 2.24) is 0 Å². The van der Waals surface area contributed by atoms with E-state index in [1.54, 1.807) is 24.3 Å². The number of amides is 2. The maximum absolute atomic E-state index is 13.0. The first kappa shape index (κ1) is 21.8. The Hall–Kier alpha value is -2.88. The second kappa shape index (κ2) is 8.86. The van der Waals surface area contributed by atoms with E-state index in [1.807, 2.05) is 0 Å². The number of halogens is 4. The lowest BCUT2D eigenvalue weighted by atomic mass is 10.1. The lowest BCUT2D eigenvalue weighted by Gasteiger charge is -2.16. The van der Waals surface area contributed by atoms with Crippen LogP contribution in [0.15, 0.2) is 53.0 Å². The lowest BCUT2D eigenvalue weighted by molar-refractivity contribution is -0.151. The molecule has 2 aromatic carbocycles. The van der Waals surface area contributed by atoms with Gasteiger partial charge >= 0.3 is 12.1 Å². The molecule has 0 radical (unpaired) electrons. The van der Waals surface area contributed by atoms with Crippen molar-refractivity contribution in [2.75, 3.05) is 23.4 Å². The van der Waals surface area contributed by atoms with E-state index >= 15 is 0 Å². The quantitative estimate of drug-likeness (QED) is 0.650. The number of rotatable bonds is 5. The Balaban J connectivity index is 1.55. The van der Waals surface area contributed by atoms with E-state index in [-0.39, 0.29) is 18.9 Å². The van der Waals surface area contributed by atoms with Crippen molar-refractivity contribution in [3.8, 4) is 0 Å². The van der Waals surface area contributed by atoms with Crippen LogP contribution in [0.4, 0.5) is 24.5 Å². The van der Waals surface area contributed by atoms with Crippen LogP contribution in [0.25, 0.3) is 0 Å². The van der Waals surface area contributed by atoms with Gasteiger partial charge in [0.1, 0.15) is 0 Å². The van der Waals surface area contributed by atoms with E-state index in [9.17, 15) is 27.6 Å². The van der Waals surface area contributed by atoms with Crippen LogP contribution in [-0.4, -0.2) is 30.9 Å². The third-order valence-corrected chi connectivity index (χ3v) is 4.98. The first-order valence-electron chi connectivity index (χ1n) is 8.84. The van der Waals surface area contributed by atoms with Crippen LogP contribution in [0.1, 0.15) is 12.0 Å². The number of esters is 1. The van der Waals surface area contributed by atoms with Crippen molar-refractivity contribution in [2.45, 2.75) is 12.6 Å². The lowest BCUT2D eigenvalue weighted by Crippen LogP contribution is -2.28. The first-order chi connectivity index (χ1) is 14.1. The van der Waals surface area contributed by atoms with Crippen LogP contribution in [-0.2, 0) is 25.3 Å². The minimum Gasteiger partial charge on any atom is -0.455 e. The Morgan fingerprint density at radius 3 is 2.47 bits per heavy atom. The van der Waals surface area contributed by atoms with Gasteiger partial charge in [-0.1, -0.05) is 28.1 Å². The molecule has 2 amide bonds. The summed E-state index contributed by atoms with van der Waals surface area (Å²) in [5, 5.41) is 2.09. The monoisotopic (exact) mass is 484 g/mol. The molecule has 1 heterocycles. The highest BCUT2D eigenvalue weighted by Gasteiger charge is 2.37. The van der Waals surface area contributed by atoms with Gasteiger partial charge in [-0.15, -0.1) is 0 Å². The van der Waals surface area contributed by atoms with Crippen LogP contribution in [0.3, 0.4) is 0 Å². The molecule has 10 heteroatoms. The van der Waals surface area contributed by atoms with Gasteiger partial charge in [0.2, 0.25) is 5.91 Å². The van der Waals surface area contributed by atoms with E-state index in [2.05, 4.69) is 21.2 Å². The molecule has 0 saturated carbocycles. The summed E-state index contributed by atoms with van der Waals surface area (Å²) in [5.74, 6) is -2.70. The van der Waals surface area contributed by atoms with Crippen molar-refractivity contribution in [3.63, 3.8) is 0 Å². The summed E-state index contributed by atoms with van der Waals surface area (Å²) < 4.78 is 44.7. The number of carbonyl (C=O) groups is 3. The molecule has 1 N–H and O–H groups in total. The van der Waals surface area contributed by atoms with Gasteiger partial charge in [-0.2, -0.15) is 13.2 Å². The van der Waals surface area contributed by atoms with Gasteiger partial charge in [0.25, 0.3) is 5.91 Å². The van der Waals surface area contributed by atoms with Crippen LogP contribution in [0.5, 0.6) is 0 Å². The number of hydrogen-bond donors (Lipinski definition) is 1. The molecule has 0 aromatic heterocycles. The maximum atomic E-state index is 13.0. The summed E-state index contributed by atoms with van der Waals surface area (Å²) in [7, 11) is 0. The highest BCUT2D eigenvalue weighted by Crippen LogP contribution is 2.34. The molecule has 158 valence electrons. The molecule has 0 bridgehead atoms.